The van der Waals surface area contributed by atoms with Crippen LogP contribution in [0.5, 0.6) is 5.75 Å². The van der Waals surface area contributed by atoms with Gasteiger partial charge in [-0.15, -0.1) is 0 Å². The van der Waals surface area contributed by atoms with Gasteiger partial charge in [0.25, 0.3) is 0 Å². The minimum absolute atomic E-state index is 0.0412. The van der Waals surface area contributed by atoms with Crippen LogP contribution >= 0.6 is 0 Å². The number of para-hydroxylation sites is 1. The van der Waals surface area contributed by atoms with E-state index < -0.39 is 4.92 Å². The molecule has 1 atom stereocenters. The highest BCUT2D eigenvalue weighted by Gasteiger charge is 2.23. The lowest BCUT2D eigenvalue weighted by Gasteiger charge is -2.11. The maximum Gasteiger partial charge on any atom is 0.363 e. The van der Waals surface area contributed by atoms with Crippen molar-refractivity contribution in [3.63, 3.8) is 0 Å². The van der Waals surface area contributed by atoms with Crippen molar-refractivity contribution in [2.75, 3.05) is 11.9 Å². The Balaban J connectivity index is 1.78. The van der Waals surface area contributed by atoms with Gasteiger partial charge in [-0.1, -0.05) is 18.2 Å². The third kappa shape index (κ3) is 2.20. The SMILES string of the molecule is O=[N+]([O-])c1ccc(NC2COc3ccccc32)cn1. The molecule has 0 saturated carbocycles. The van der Waals surface area contributed by atoms with E-state index in [1.165, 1.54) is 12.3 Å². The second kappa shape index (κ2) is 4.56. The van der Waals surface area contributed by atoms with Crippen LogP contribution in [0.2, 0.25) is 0 Å². The van der Waals surface area contributed by atoms with Crippen molar-refractivity contribution in [3.05, 3.63) is 58.3 Å². The van der Waals surface area contributed by atoms with Crippen LogP contribution in [0.15, 0.2) is 42.6 Å². The first-order chi connectivity index (χ1) is 9.24. The highest BCUT2D eigenvalue weighted by molar-refractivity contribution is 5.49. The summed E-state index contributed by atoms with van der Waals surface area (Å²) < 4.78 is 5.55. The monoisotopic (exact) mass is 257 g/mol. The number of nitrogens with zero attached hydrogens (tertiary/aromatic N) is 2. The molecular weight excluding hydrogens is 246 g/mol. The molecule has 0 spiro atoms. The fourth-order valence-corrected chi connectivity index (χ4v) is 2.06. The zero-order valence-electron chi connectivity index (χ0n) is 9.95. The summed E-state index contributed by atoms with van der Waals surface area (Å²) in [6, 6.07) is 10.9. The average molecular weight is 257 g/mol. The van der Waals surface area contributed by atoms with Crippen molar-refractivity contribution in [1.82, 2.24) is 4.98 Å². The van der Waals surface area contributed by atoms with Gasteiger partial charge in [-0.3, -0.25) is 0 Å². The second-order valence-corrected chi connectivity index (χ2v) is 4.21. The van der Waals surface area contributed by atoms with Crippen molar-refractivity contribution in [2.45, 2.75) is 6.04 Å². The summed E-state index contributed by atoms with van der Waals surface area (Å²) in [7, 11) is 0. The van der Waals surface area contributed by atoms with Gasteiger partial charge in [-0.25, -0.2) is 0 Å². The van der Waals surface area contributed by atoms with Gasteiger partial charge in [0.2, 0.25) is 0 Å². The molecule has 6 heteroatoms. The lowest BCUT2D eigenvalue weighted by atomic mass is 10.1. The predicted molar refractivity (Wildman–Crippen MR) is 69.2 cm³/mol. The van der Waals surface area contributed by atoms with Crippen LogP contribution in [-0.2, 0) is 0 Å². The molecule has 96 valence electrons. The topological polar surface area (TPSA) is 77.3 Å². The van der Waals surface area contributed by atoms with E-state index in [4.69, 9.17) is 4.74 Å². The van der Waals surface area contributed by atoms with Crippen LogP contribution in [0, 0.1) is 10.1 Å². The van der Waals surface area contributed by atoms with E-state index in [2.05, 4.69) is 10.3 Å². The first-order valence-corrected chi connectivity index (χ1v) is 5.83. The van der Waals surface area contributed by atoms with Crippen molar-refractivity contribution in [3.8, 4) is 5.75 Å². The van der Waals surface area contributed by atoms with Crippen molar-refractivity contribution >= 4 is 11.5 Å². The first-order valence-electron chi connectivity index (χ1n) is 5.83. The largest absolute Gasteiger partial charge is 0.491 e. The highest BCUT2D eigenvalue weighted by Crippen LogP contribution is 2.33. The summed E-state index contributed by atoms with van der Waals surface area (Å²) in [6.07, 6.45) is 1.46. The van der Waals surface area contributed by atoms with Crippen molar-refractivity contribution < 1.29 is 9.66 Å². The summed E-state index contributed by atoms with van der Waals surface area (Å²) in [4.78, 5) is 13.8. The van der Waals surface area contributed by atoms with Crippen LogP contribution in [0.3, 0.4) is 0 Å². The molecule has 1 unspecified atom stereocenters. The number of pyridine rings is 1. The number of hydrogen-bond donors (Lipinski definition) is 1. The zero-order chi connectivity index (χ0) is 13.2. The van der Waals surface area contributed by atoms with Crippen molar-refractivity contribution in [2.24, 2.45) is 0 Å². The number of aromatic nitrogens is 1. The van der Waals surface area contributed by atoms with Gasteiger partial charge < -0.3 is 20.2 Å². The van der Waals surface area contributed by atoms with Gasteiger partial charge in [0, 0.05) is 11.6 Å². The predicted octanol–water partition coefficient (Wildman–Crippen LogP) is 2.54. The van der Waals surface area contributed by atoms with E-state index in [9.17, 15) is 10.1 Å². The molecule has 1 aromatic carbocycles. The quantitative estimate of drug-likeness (QED) is 0.675. The fraction of sp³-hybridized carbons (Fsp3) is 0.154. The number of anilines is 1. The van der Waals surface area contributed by atoms with Gasteiger partial charge in [0.15, 0.2) is 6.20 Å². The first kappa shape index (κ1) is 11.5. The van der Waals surface area contributed by atoms with E-state index >= 15 is 0 Å². The van der Waals surface area contributed by atoms with Gasteiger partial charge in [0.05, 0.1) is 11.7 Å². The molecule has 2 heterocycles. The minimum atomic E-state index is -0.516. The van der Waals surface area contributed by atoms with Crippen LogP contribution in [0.25, 0.3) is 0 Å². The third-order valence-electron chi connectivity index (χ3n) is 2.98. The van der Waals surface area contributed by atoms with E-state index in [0.717, 1.165) is 17.0 Å². The molecule has 1 N–H and O–H groups in total. The summed E-state index contributed by atoms with van der Waals surface area (Å²) in [5.74, 6) is 0.712. The Hall–Kier alpha value is -2.63. The second-order valence-electron chi connectivity index (χ2n) is 4.21. The smallest absolute Gasteiger partial charge is 0.363 e. The number of benzene rings is 1. The summed E-state index contributed by atoms with van der Waals surface area (Å²) in [6.45, 7) is 0.538. The molecule has 0 radical (unpaired) electrons. The van der Waals surface area contributed by atoms with Gasteiger partial charge in [0.1, 0.15) is 12.4 Å². The highest BCUT2D eigenvalue weighted by atomic mass is 16.6. The molecule has 0 saturated heterocycles. The maximum absolute atomic E-state index is 10.5. The van der Waals surface area contributed by atoms with Crippen molar-refractivity contribution in [1.29, 1.82) is 0 Å². The number of hydrogen-bond acceptors (Lipinski definition) is 5. The molecule has 0 amide bonds. The molecule has 19 heavy (non-hydrogen) atoms. The molecule has 1 aliphatic rings. The van der Waals surface area contributed by atoms with Crippen LogP contribution in [0.1, 0.15) is 11.6 Å². The number of nitrogens with one attached hydrogen (secondary N) is 1. The lowest BCUT2D eigenvalue weighted by molar-refractivity contribution is -0.389. The molecule has 2 aromatic rings. The lowest BCUT2D eigenvalue weighted by Crippen LogP contribution is -2.12. The van der Waals surface area contributed by atoms with Crippen LogP contribution in [-0.4, -0.2) is 16.5 Å². The third-order valence-corrected chi connectivity index (χ3v) is 2.98. The number of rotatable bonds is 3. The summed E-state index contributed by atoms with van der Waals surface area (Å²) in [5, 5.41) is 13.8. The summed E-state index contributed by atoms with van der Waals surface area (Å²) >= 11 is 0. The Kier molecular flexibility index (Phi) is 2.75. The molecule has 3 rings (SSSR count). The Labute approximate surface area is 109 Å². The standard InChI is InChI=1S/C13H11N3O3/c17-16(18)13-6-5-9(7-14-13)15-11-8-19-12-4-2-1-3-10(11)12/h1-7,11,15H,8H2. The number of nitro groups is 1. The maximum atomic E-state index is 10.5. The molecule has 0 aliphatic carbocycles. The molecule has 6 nitrogen and oxygen atoms in total. The Morgan fingerprint density at radius 2 is 2.16 bits per heavy atom. The van der Waals surface area contributed by atoms with Crippen LogP contribution in [0.4, 0.5) is 11.5 Å². The van der Waals surface area contributed by atoms with E-state index in [1.807, 2.05) is 24.3 Å². The van der Waals surface area contributed by atoms with E-state index in [0.29, 0.717) is 6.61 Å². The Morgan fingerprint density at radius 3 is 2.89 bits per heavy atom. The van der Waals surface area contributed by atoms with Crippen LogP contribution < -0.4 is 10.1 Å². The summed E-state index contributed by atoms with van der Waals surface area (Å²) in [5.41, 5.74) is 1.82. The molecule has 1 aromatic heterocycles. The Morgan fingerprint density at radius 1 is 1.32 bits per heavy atom. The average Bonchev–Trinajstić information content (AvgIpc) is 2.83. The Bertz CT molecular complexity index is 613. The van der Waals surface area contributed by atoms with Gasteiger partial charge in [-0.2, -0.15) is 0 Å². The van der Waals surface area contributed by atoms with E-state index in [-0.39, 0.29) is 11.9 Å². The molecule has 0 fully saturated rings. The number of fused-ring (bicyclic) bond motifs is 1. The molecule has 0 bridgehead atoms. The van der Waals surface area contributed by atoms with Gasteiger partial charge in [-0.05, 0) is 22.0 Å². The molecule has 1 aliphatic heterocycles. The molecular formula is C13H11N3O3. The van der Waals surface area contributed by atoms with Gasteiger partial charge >= 0.3 is 5.82 Å². The fourth-order valence-electron chi connectivity index (χ4n) is 2.06. The normalized spacial score (nSPS) is 16.5. The number of ether oxygens (including phenoxy) is 1. The zero-order valence-corrected chi connectivity index (χ0v) is 9.95. The van der Waals surface area contributed by atoms with E-state index in [1.54, 1.807) is 6.07 Å². The minimum Gasteiger partial charge on any atom is -0.491 e.